The molecule has 0 fully saturated rings. The van der Waals surface area contributed by atoms with Crippen molar-refractivity contribution in [3.05, 3.63) is 96.7 Å². The lowest BCUT2D eigenvalue weighted by atomic mass is 9.96. The Morgan fingerprint density at radius 2 is 1.88 bits per heavy atom. The zero-order valence-electron chi connectivity index (χ0n) is 17.8. The monoisotopic (exact) mass is 470 g/mol. The quantitative estimate of drug-likeness (QED) is 0.518. The Morgan fingerprint density at radius 3 is 2.52 bits per heavy atom. The second-order valence-corrected chi connectivity index (χ2v) is 8.17. The Hall–Kier alpha value is -3.59. The first kappa shape index (κ1) is 22.6. The number of aromatic nitrogens is 1. The molecule has 1 aliphatic rings. The lowest BCUT2D eigenvalue weighted by Gasteiger charge is -2.24. The molecule has 0 saturated carbocycles. The third kappa shape index (κ3) is 4.63. The summed E-state index contributed by atoms with van der Waals surface area (Å²) in [6.07, 6.45) is 1.65. The number of esters is 1. The van der Waals surface area contributed by atoms with Gasteiger partial charge >= 0.3 is 12.6 Å². The summed E-state index contributed by atoms with van der Waals surface area (Å²) in [6, 6.07) is 14.5. The first-order valence-electron chi connectivity index (χ1n) is 10.2. The normalized spacial score (nSPS) is 15.9. The molecule has 1 aromatic heterocycles. The van der Waals surface area contributed by atoms with E-state index in [2.05, 4.69) is 9.73 Å². The van der Waals surface area contributed by atoms with Crippen LogP contribution in [0.1, 0.15) is 31.0 Å². The fourth-order valence-corrected chi connectivity index (χ4v) is 4.69. The Bertz CT molecular complexity index is 1380. The van der Waals surface area contributed by atoms with Crippen LogP contribution in [0.4, 0.5) is 8.78 Å². The number of hydrogen-bond donors (Lipinski definition) is 0. The molecule has 3 aromatic rings. The van der Waals surface area contributed by atoms with E-state index in [1.54, 1.807) is 32.1 Å². The molecule has 0 N–H and O–H groups in total. The molecule has 170 valence electrons. The number of carbonyl (C=O) groups is 1. The van der Waals surface area contributed by atoms with Crippen LogP contribution in [0.15, 0.2) is 75.7 Å². The van der Waals surface area contributed by atoms with Crippen LogP contribution < -0.4 is 19.6 Å². The van der Waals surface area contributed by atoms with Crippen molar-refractivity contribution in [1.82, 2.24) is 4.57 Å². The number of hydrogen-bond acceptors (Lipinski definition) is 6. The molecule has 0 unspecified atom stereocenters. The van der Waals surface area contributed by atoms with Crippen molar-refractivity contribution in [2.75, 3.05) is 6.61 Å². The van der Waals surface area contributed by atoms with Gasteiger partial charge in [-0.3, -0.25) is 9.36 Å². The average molecular weight is 470 g/mol. The first-order chi connectivity index (χ1) is 15.9. The number of alkyl halides is 2. The van der Waals surface area contributed by atoms with Gasteiger partial charge in [-0.15, -0.1) is 0 Å². The van der Waals surface area contributed by atoms with Gasteiger partial charge in [-0.2, -0.15) is 8.78 Å². The van der Waals surface area contributed by atoms with Crippen molar-refractivity contribution >= 4 is 23.4 Å². The summed E-state index contributed by atoms with van der Waals surface area (Å²) in [4.78, 5) is 31.2. The summed E-state index contributed by atoms with van der Waals surface area (Å²) < 4.78 is 36.3. The zero-order chi connectivity index (χ0) is 23.5. The summed E-state index contributed by atoms with van der Waals surface area (Å²) in [6.45, 7) is 0.737. The fourth-order valence-electron chi connectivity index (χ4n) is 3.64. The molecule has 9 heteroatoms. The minimum absolute atomic E-state index is 0.0300. The van der Waals surface area contributed by atoms with E-state index in [-0.39, 0.29) is 17.9 Å². The van der Waals surface area contributed by atoms with Crippen molar-refractivity contribution in [1.29, 1.82) is 0 Å². The number of allylic oxidation sites excluding steroid dienone is 1. The minimum atomic E-state index is -2.91. The van der Waals surface area contributed by atoms with E-state index in [9.17, 15) is 18.4 Å². The molecule has 1 aliphatic heterocycles. The smallest absolute Gasteiger partial charge is 0.387 e. The van der Waals surface area contributed by atoms with Crippen LogP contribution in [0, 0.1) is 0 Å². The lowest BCUT2D eigenvalue weighted by Crippen LogP contribution is -2.39. The Kier molecular flexibility index (Phi) is 6.50. The number of ether oxygens (including phenoxy) is 2. The van der Waals surface area contributed by atoms with Gasteiger partial charge in [0.15, 0.2) is 4.80 Å². The number of thiazole rings is 1. The Morgan fingerprint density at radius 1 is 1.18 bits per heavy atom. The molecule has 33 heavy (non-hydrogen) atoms. The Balaban J connectivity index is 1.84. The maximum atomic E-state index is 13.4. The van der Waals surface area contributed by atoms with Crippen LogP contribution in [-0.2, 0) is 9.53 Å². The molecule has 0 radical (unpaired) electrons. The topological polar surface area (TPSA) is 69.9 Å². The van der Waals surface area contributed by atoms with Crippen LogP contribution in [0.2, 0.25) is 0 Å². The highest BCUT2D eigenvalue weighted by Gasteiger charge is 2.33. The van der Waals surface area contributed by atoms with Gasteiger partial charge in [0.25, 0.3) is 5.56 Å². The van der Waals surface area contributed by atoms with E-state index in [1.807, 2.05) is 30.3 Å². The average Bonchev–Trinajstić information content (AvgIpc) is 3.09. The Labute approximate surface area is 191 Å². The van der Waals surface area contributed by atoms with Crippen LogP contribution in [0.25, 0.3) is 6.08 Å². The van der Waals surface area contributed by atoms with Crippen LogP contribution in [-0.4, -0.2) is 23.8 Å². The van der Waals surface area contributed by atoms with Crippen molar-refractivity contribution in [2.45, 2.75) is 26.5 Å². The second kappa shape index (κ2) is 9.50. The van der Waals surface area contributed by atoms with Crippen molar-refractivity contribution in [2.24, 2.45) is 4.99 Å². The van der Waals surface area contributed by atoms with Gasteiger partial charge in [0.2, 0.25) is 0 Å². The van der Waals surface area contributed by atoms with E-state index in [0.717, 1.165) is 5.56 Å². The molecule has 1 atom stereocenters. The van der Waals surface area contributed by atoms with E-state index >= 15 is 0 Å². The molecular formula is C24H20F2N2O4S. The number of carbonyl (C=O) groups excluding carboxylic acids is 1. The third-order valence-electron chi connectivity index (χ3n) is 5.04. The number of fused-ring (bicyclic) bond motifs is 1. The fraction of sp³-hybridized carbons (Fsp3) is 0.208. The van der Waals surface area contributed by atoms with Crippen molar-refractivity contribution in [3.63, 3.8) is 0 Å². The number of nitrogens with zero attached hydrogens (tertiary/aromatic N) is 2. The molecule has 0 aliphatic carbocycles. The van der Waals surface area contributed by atoms with E-state index in [4.69, 9.17) is 4.74 Å². The van der Waals surface area contributed by atoms with Gasteiger partial charge in [0.05, 0.1) is 28.5 Å². The highest BCUT2D eigenvalue weighted by molar-refractivity contribution is 7.07. The standard InChI is InChI=1S/C24H20F2N2O4S/c1-3-31-22(30)19-14(2)27-24-28(20(19)16-7-5-4-6-8-16)21(29)18(33-24)13-15-9-11-17(12-10-15)32-23(25)26/h4-13,20,23H,3H2,1-2H3/b18-13-/t20-/m0/s1. The summed E-state index contributed by atoms with van der Waals surface area (Å²) >= 11 is 1.19. The molecule has 0 spiro atoms. The van der Waals surface area contributed by atoms with Gasteiger partial charge < -0.3 is 9.47 Å². The number of benzene rings is 2. The zero-order valence-corrected chi connectivity index (χ0v) is 18.6. The van der Waals surface area contributed by atoms with Gasteiger partial charge in [-0.1, -0.05) is 53.8 Å². The van der Waals surface area contributed by atoms with Gasteiger partial charge in [-0.05, 0) is 43.2 Å². The predicted octanol–water partition coefficient (Wildman–Crippen LogP) is 3.40. The maximum absolute atomic E-state index is 13.4. The van der Waals surface area contributed by atoms with Gasteiger partial charge in [0, 0.05) is 0 Å². The minimum Gasteiger partial charge on any atom is -0.463 e. The summed E-state index contributed by atoms with van der Waals surface area (Å²) in [5.74, 6) is -0.487. The second-order valence-electron chi connectivity index (χ2n) is 7.16. The van der Waals surface area contributed by atoms with Crippen molar-refractivity contribution in [3.8, 4) is 5.75 Å². The number of halogens is 2. The summed E-state index contributed by atoms with van der Waals surface area (Å²) in [5, 5.41) is 0. The highest BCUT2D eigenvalue weighted by Crippen LogP contribution is 2.30. The van der Waals surface area contributed by atoms with Gasteiger partial charge in [0.1, 0.15) is 5.75 Å². The molecule has 2 aromatic carbocycles. The van der Waals surface area contributed by atoms with E-state index < -0.39 is 18.6 Å². The largest absolute Gasteiger partial charge is 0.463 e. The van der Waals surface area contributed by atoms with Crippen molar-refractivity contribution < 1.29 is 23.0 Å². The molecule has 6 nitrogen and oxygen atoms in total. The summed E-state index contributed by atoms with van der Waals surface area (Å²) in [5.41, 5.74) is 1.89. The van der Waals surface area contributed by atoms with Crippen LogP contribution >= 0.6 is 11.3 Å². The maximum Gasteiger partial charge on any atom is 0.387 e. The first-order valence-corrected chi connectivity index (χ1v) is 11.0. The molecule has 0 bridgehead atoms. The summed E-state index contributed by atoms with van der Waals surface area (Å²) in [7, 11) is 0. The van der Waals surface area contributed by atoms with E-state index in [1.165, 1.54) is 28.0 Å². The van der Waals surface area contributed by atoms with E-state index in [0.29, 0.717) is 26.2 Å². The molecule has 4 rings (SSSR count). The highest BCUT2D eigenvalue weighted by atomic mass is 32.1. The predicted molar refractivity (Wildman–Crippen MR) is 120 cm³/mol. The lowest BCUT2D eigenvalue weighted by molar-refractivity contribution is -0.139. The van der Waals surface area contributed by atoms with Crippen LogP contribution in [0.5, 0.6) is 5.75 Å². The molecule has 0 amide bonds. The third-order valence-corrected chi connectivity index (χ3v) is 6.02. The molecule has 0 saturated heterocycles. The molecule has 2 heterocycles. The molecular weight excluding hydrogens is 450 g/mol. The SMILES string of the molecule is CCOC(=O)C1=C(C)N=c2s/c(=C\c3ccc(OC(F)F)cc3)c(=O)n2[C@H]1c1ccccc1. The van der Waals surface area contributed by atoms with Crippen LogP contribution in [0.3, 0.4) is 0 Å². The van der Waals surface area contributed by atoms with Gasteiger partial charge in [-0.25, -0.2) is 9.79 Å². The number of rotatable bonds is 6.